The van der Waals surface area contributed by atoms with Crippen LogP contribution in [-0.4, -0.2) is 28.6 Å². The van der Waals surface area contributed by atoms with Crippen LogP contribution in [0.25, 0.3) is 17.4 Å². The number of aliphatic hydroxyl groups excluding tert-OH is 1. The van der Waals surface area contributed by atoms with Crippen LogP contribution >= 0.6 is 35.0 Å². The molecular formula is C22H19Cl2NO5S. The molecule has 1 aromatic carbocycles. The first-order valence-corrected chi connectivity index (χ1v) is 11.1. The molecule has 2 heterocycles. The van der Waals surface area contributed by atoms with E-state index in [9.17, 15) is 14.7 Å². The summed E-state index contributed by atoms with van der Waals surface area (Å²) in [5, 5.41) is 11.5. The highest BCUT2D eigenvalue weighted by atomic mass is 35.5. The summed E-state index contributed by atoms with van der Waals surface area (Å²) in [7, 11) is 0. The second-order valence-corrected chi connectivity index (χ2v) is 8.23. The fraction of sp³-hybridized carbons (Fsp3) is 0.227. The van der Waals surface area contributed by atoms with Crippen LogP contribution in [-0.2, 0) is 14.3 Å². The van der Waals surface area contributed by atoms with Gasteiger partial charge in [-0.3, -0.25) is 4.79 Å². The topological polar surface area (TPSA) is 89.1 Å². The zero-order valence-corrected chi connectivity index (χ0v) is 19.1. The van der Waals surface area contributed by atoms with Crippen molar-refractivity contribution in [1.82, 2.24) is 0 Å². The molecule has 162 valence electrons. The number of esters is 1. The third kappa shape index (κ3) is 5.23. The number of carbonyl (C=O) groups is 2. The van der Waals surface area contributed by atoms with Crippen molar-refractivity contribution >= 4 is 58.0 Å². The molecule has 0 radical (unpaired) electrons. The first-order chi connectivity index (χ1) is 14.8. The van der Waals surface area contributed by atoms with Gasteiger partial charge in [0, 0.05) is 12.0 Å². The first kappa shape index (κ1) is 23.2. The molecule has 0 spiro atoms. The quantitative estimate of drug-likeness (QED) is 0.479. The molecule has 3 rings (SSSR count). The third-order valence-electron chi connectivity index (χ3n) is 4.18. The van der Waals surface area contributed by atoms with Crippen molar-refractivity contribution < 1.29 is 23.8 Å². The van der Waals surface area contributed by atoms with Gasteiger partial charge in [-0.2, -0.15) is 0 Å². The molecule has 2 aromatic rings. The summed E-state index contributed by atoms with van der Waals surface area (Å²) in [6.07, 6.45) is 2.41. The zero-order valence-electron chi connectivity index (χ0n) is 16.8. The Morgan fingerprint density at radius 2 is 2.00 bits per heavy atom. The number of carbonyl (C=O) groups excluding carboxylic acids is 2. The Bertz CT molecular complexity index is 1120. The van der Waals surface area contributed by atoms with Gasteiger partial charge in [-0.1, -0.05) is 48.0 Å². The molecule has 0 fully saturated rings. The molecule has 1 aliphatic rings. The summed E-state index contributed by atoms with van der Waals surface area (Å²) < 4.78 is 10.8. The van der Waals surface area contributed by atoms with Gasteiger partial charge in [0.1, 0.15) is 27.9 Å². The van der Waals surface area contributed by atoms with E-state index < -0.39 is 5.97 Å². The predicted molar refractivity (Wildman–Crippen MR) is 123 cm³/mol. The van der Waals surface area contributed by atoms with E-state index >= 15 is 0 Å². The maximum atomic E-state index is 12.3. The fourth-order valence-corrected chi connectivity index (χ4v) is 4.18. The van der Waals surface area contributed by atoms with Crippen molar-refractivity contribution in [2.24, 2.45) is 4.99 Å². The van der Waals surface area contributed by atoms with E-state index in [1.807, 2.05) is 6.92 Å². The van der Waals surface area contributed by atoms with Gasteiger partial charge >= 0.3 is 5.97 Å². The van der Waals surface area contributed by atoms with Crippen LogP contribution in [0.4, 0.5) is 0 Å². The molecule has 0 bridgehead atoms. The van der Waals surface area contributed by atoms with Crippen molar-refractivity contribution in [1.29, 1.82) is 0 Å². The number of aliphatic hydroxyl groups is 1. The van der Waals surface area contributed by atoms with Gasteiger partial charge in [-0.25, -0.2) is 9.79 Å². The van der Waals surface area contributed by atoms with Crippen LogP contribution in [0.2, 0.25) is 10.0 Å². The predicted octanol–water partition coefficient (Wildman–Crippen LogP) is 6.44. The second-order valence-electron chi connectivity index (χ2n) is 6.42. The lowest BCUT2D eigenvalue weighted by atomic mass is 10.2. The van der Waals surface area contributed by atoms with Gasteiger partial charge in [0.25, 0.3) is 0 Å². The highest BCUT2D eigenvalue weighted by molar-refractivity contribution is 8.18. The lowest BCUT2D eigenvalue weighted by molar-refractivity contribution is -0.138. The Hall–Kier alpha value is -2.48. The van der Waals surface area contributed by atoms with E-state index in [0.29, 0.717) is 38.5 Å². The minimum atomic E-state index is -0.746. The Labute approximate surface area is 193 Å². The van der Waals surface area contributed by atoms with Gasteiger partial charge in [0.05, 0.1) is 21.6 Å². The molecule has 0 saturated carbocycles. The van der Waals surface area contributed by atoms with Crippen LogP contribution < -0.4 is 0 Å². The first-order valence-electron chi connectivity index (χ1n) is 9.52. The largest absolute Gasteiger partial charge is 0.506 e. The van der Waals surface area contributed by atoms with E-state index in [1.165, 1.54) is 0 Å². The molecule has 0 saturated heterocycles. The summed E-state index contributed by atoms with van der Waals surface area (Å²) in [6.45, 7) is 3.63. The molecule has 0 aliphatic carbocycles. The molecule has 9 heteroatoms. The van der Waals surface area contributed by atoms with Crippen molar-refractivity contribution in [3.05, 3.63) is 62.4 Å². The Morgan fingerprint density at radius 3 is 2.71 bits per heavy atom. The maximum Gasteiger partial charge on any atom is 0.344 e. The molecular weight excluding hydrogens is 461 g/mol. The molecule has 1 amide bonds. The number of nitrogens with zero attached hydrogens (tertiary/aromatic N) is 1. The second kappa shape index (κ2) is 10.2. The van der Waals surface area contributed by atoms with Crippen molar-refractivity contribution in [2.75, 3.05) is 6.61 Å². The van der Waals surface area contributed by atoms with E-state index in [-0.39, 0.29) is 35.3 Å². The number of aliphatic imine (C=N–C) groups is 1. The summed E-state index contributed by atoms with van der Waals surface area (Å²) >= 11 is 13.3. The smallest absolute Gasteiger partial charge is 0.344 e. The third-order valence-corrected chi connectivity index (χ3v) is 6.02. The average molecular weight is 480 g/mol. The van der Waals surface area contributed by atoms with Crippen LogP contribution in [0, 0.1) is 0 Å². The fourth-order valence-electron chi connectivity index (χ4n) is 2.77. The molecule has 0 unspecified atom stereocenters. The molecule has 1 aromatic heterocycles. The molecule has 31 heavy (non-hydrogen) atoms. The lowest BCUT2D eigenvalue weighted by Gasteiger charge is -2.03. The highest BCUT2D eigenvalue weighted by Gasteiger charge is 2.34. The highest BCUT2D eigenvalue weighted by Crippen LogP contribution is 2.40. The van der Waals surface area contributed by atoms with Crippen LogP contribution in [0.5, 0.6) is 0 Å². The van der Waals surface area contributed by atoms with Gasteiger partial charge in [-0.15, -0.1) is 0 Å². The summed E-state index contributed by atoms with van der Waals surface area (Å²) in [5.74, 6) is -0.542. The van der Waals surface area contributed by atoms with Crippen LogP contribution in [0.3, 0.4) is 0 Å². The molecule has 6 nitrogen and oxygen atoms in total. The summed E-state index contributed by atoms with van der Waals surface area (Å²) in [5.41, 5.74) is 0.490. The zero-order chi connectivity index (χ0) is 22.5. The minimum Gasteiger partial charge on any atom is -0.506 e. The number of halogens is 2. The number of benzene rings is 1. The molecule has 1 aliphatic heterocycles. The number of hydrogen-bond acceptors (Lipinski definition) is 6. The number of amides is 1. The average Bonchev–Trinajstić information content (AvgIpc) is 3.29. The standard InChI is InChI=1S/C22H19Cl2NO5S/c1-3-6-17(26)25-21-18(22(28)29-4-2)20(27)16(31-21)11-12-9-10-15(30-12)13-7-5-8-14(23)19(13)24/h5,7-11,27H,3-4,6H2,1-2H3/b16-11-,25-21?. The van der Waals surface area contributed by atoms with E-state index in [1.54, 1.807) is 43.3 Å². The van der Waals surface area contributed by atoms with E-state index in [0.717, 1.165) is 11.8 Å². The van der Waals surface area contributed by atoms with Crippen molar-refractivity contribution in [3.63, 3.8) is 0 Å². The number of thioether (sulfide) groups is 1. The Balaban J connectivity index is 1.97. The van der Waals surface area contributed by atoms with Crippen molar-refractivity contribution in [2.45, 2.75) is 26.7 Å². The maximum absolute atomic E-state index is 12.3. The number of furan rings is 1. The SMILES string of the molecule is CCCC(=O)N=C1S/C(=C\c2ccc(-c3cccc(Cl)c3Cl)o2)C(O)=C1C(=O)OCC. The summed E-state index contributed by atoms with van der Waals surface area (Å²) in [6, 6.07) is 8.61. The van der Waals surface area contributed by atoms with Crippen molar-refractivity contribution in [3.8, 4) is 11.3 Å². The number of rotatable bonds is 6. The van der Waals surface area contributed by atoms with Gasteiger partial charge in [0.15, 0.2) is 0 Å². The molecule has 1 N–H and O–H groups in total. The van der Waals surface area contributed by atoms with E-state index in [4.69, 9.17) is 32.4 Å². The van der Waals surface area contributed by atoms with Crippen LogP contribution in [0.1, 0.15) is 32.4 Å². The molecule has 0 atom stereocenters. The van der Waals surface area contributed by atoms with Gasteiger partial charge in [-0.05, 0) is 43.7 Å². The van der Waals surface area contributed by atoms with Gasteiger partial charge in [0.2, 0.25) is 5.91 Å². The number of ether oxygens (including phenoxy) is 1. The van der Waals surface area contributed by atoms with Crippen LogP contribution in [0.15, 0.2) is 56.0 Å². The minimum absolute atomic E-state index is 0.102. The Morgan fingerprint density at radius 1 is 1.23 bits per heavy atom. The van der Waals surface area contributed by atoms with E-state index in [2.05, 4.69) is 4.99 Å². The Kier molecular flexibility index (Phi) is 7.64. The normalized spacial score (nSPS) is 16.4. The lowest BCUT2D eigenvalue weighted by Crippen LogP contribution is -2.14. The number of hydrogen-bond donors (Lipinski definition) is 1. The summed E-state index contributed by atoms with van der Waals surface area (Å²) in [4.78, 5) is 28.6. The van der Waals surface area contributed by atoms with Gasteiger partial charge < -0.3 is 14.3 Å². The monoisotopic (exact) mass is 479 g/mol.